The summed E-state index contributed by atoms with van der Waals surface area (Å²) in [6, 6.07) is 16.5. The van der Waals surface area contributed by atoms with Crippen LogP contribution in [0.2, 0.25) is 0 Å². The molecule has 0 saturated heterocycles. The van der Waals surface area contributed by atoms with E-state index in [1.165, 1.54) is 0 Å². The number of carbonyl (C=O) groups is 2. The molecule has 0 bridgehead atoms. The molecule has 5 nitrogen and oxygen atoms in total. The number of amides is 2. The molecule has 2 amide bonds. The van der Waals surface area contributed by atoms with Crippen LogP contribution in [0.5, 0.6) is 0 Å². The Kier molecular flexibility index (Phi) is 3.78. The van der Waals surface area contributed by atoms with E-state index in [4.69, 9.17) is 5.11 Å². The Morgan fingerprint density at radius 2 is 1.82 bits per heavy atom. The van der Waals surface area contributed by atoms with Crippen LogP contribution in [0.1, 0.15) is 28.3 Å². The van der Waals surface area contributed by atoms with Crippen LogP contribution >= 0.6 is 0 Å². The maximum Gasteiger partial charge on any atom is 0.404 e. The second kappa shape index (κ2) is 5.89. The third-order valence-corrected chi connectivity index (χ3v) is 3.71. The quantitative estimate of drug-likeness (QED) is 0.811. The molecule has 0 radical (unpaired) electrons. The van der Waals surface area contributed by atoms with E-state index in [1.807, 2.05) is 48.5 Å². The standard InChI is InChI=1S/C17H16N2O3/c20-16(18-13-7-2-1-3-8-13)12-6-4-5-11(9-12)14-10-15(14)19-17(21)22/h1-9,14-15,19H,10H2,(H,18,20)(H,21,22)/t14-,15+/m0/s1. The van der Waals surface area contributed by atoms with Crippen LogP contribution in [0.25, 0.3) is 0 Å². The molecule has 1 aliphatic carbocycles. The summed E-state index contributed by atoms with van der Waals surface area (Å²) in [7, 11) is 0. The molecule has 1 saturated carbocycles. The maximum atomic E-state index is 12.2. The van der Waals surface area contributed by atoms with E-state index in [9.17, 15) is 9.59 Å². The molecule has 1 aliphatic rings. The van der Waals surface area contributed by atoms with E-state index in [0.29, 0.717) is 5.56 Å². The van der Waals surface area contributed by atoms with E-state index >= 15 is 0 Å². The smallest absolute Gasteiger partial charge is 0.404 e. The molecular weight excluding hydrogens is 280 g/mol. The van der Waals surface area contributed by atoms with Gasteiger partial charge in [0.15, 0.2) is 0 Å². The number of rotatable bonds is 4. The summed E-state index contributed by atoms with van der Waals surface area (Å²) >= 11 is 0. The second-order valence-corrected chi connectivity index (χ2v) is 5.34. The number of nitrogens with one attached hydrogen (secondary N) is 2. The third kappa shape index (κ3) is 3.25. The average molecular weight is 296 g/mol. The molecule has 0 unspecified atom stereocenters. The molecule has 0 aliphatic heterocycles. The summed E-state index contributed by atoms with van der Waals surface area (Å²) in [6.07, 6.45) is -0.235. The molecule has 3 N–H and O–H groups in total. The van der Waals surface area contributed by atoms with Gasteiger partial charge in [0, 0.05) is 23.2 Å². The minimum absolute atomic E-state index is 0.0510. The Morgan fingerprint density at radius 3 is 2.55 bits per heavy atom. The van der Waals surface area contributed by atoms with Crippen LogP contribution < -0.4 is 10.6 Å². The zero-order valence-electron chi connectivity index (χ0n) is 11.8. The van der Waals surface area contributed by atoms with Gasteiger partial charge in [-0.05, 0) is 36.2 Å². The Bertz CT molecular complexity index is 700. The summed E-state index contributed by atoms with van der Waals surface area (Å²) in [5.41, 5.74) is 2.30. The Labute approximate surface area is 128 Å². The molecule has 5 heteroatoms. The van der Waals surface area contributed by atoms with Crippen molar-refractivity contribution in [2.24, 2.45) is 0 Å². The third-order valence-electron chi connectivity index (χ3n) is 3.71. The maximum absolute atomic E-state index is 12.2. The number of carboxylic acid groups (broad SMARTS) is 1. The van der Waals surface area contributed by atoms with E-state index in [-0.39, 0.29) is 17.9 Å². The molecule has 2 atom stereocenters. The van der Waals surface area contributed by atoms with Crippen molar-refractivity contribution in [3.63, 3.8) is 0 Å². The van der Waals surface area contributed by atoms with Crippen molar-refractivity contribution in [1.82, 2.24) is 5.32 Å². The van der Waals surface area contributed by atoms with Gasteiger partial charge in [-0.1, -0.05) is 30.3 Å². The summed E-state index contributed by atoms with van der Waals surface area (Å²) in [6.45, 7) is 0. The van der Waals surface area contributed by atoms with E-state index < -0.39 is 6.09 Å². The number of carbonyl (C=O) groups excluding carboxylic acids is 1. The van der Waals surface area contributed by atoms with Crippen molar-refractivity contribution in [2.75, 3.05) is 5.32 Å². The largest absolute Gasteiger partial charge is 0.465 e. The summed E-state index contributed by atoms with van der Waals surface area (Å²) < 4.78 is 0. The molecule has 0 heterocycles. The van der Waals surface area contributed by atoms with Gasteiger partial charge in [-0.2, -0.15) is 0 Å². The normalized spacial score (nSPS) is 19.3. The number of benzene rings is 2. The van der Waals surface area contributed by atoms with Crippen molar-refractivity contribution in [3.05, 3.63) is 65.7 Å². The molecule has 112 valence electrons. The lowest BCUT2D eigenvalue weighted by Crippen LogP contribution is -2.24. The van der Waals surface area contributed by atoms with Crippen LogP contribution in [0.3, 0.4) is 0 Å². The highest BCUT2D eigenvalue weighted by Crippen LogP contribution is 2.40. The average Bonchev–Trinajstić information content (AvgIpc) is 3.27. The van der Waals surface area contributed by atoms with Gasteiger partial charge in [0.05, 0.1) is 0 Å². The predicted molar refractivity (Wildman–Crippen MR) is 83.1 cm³/mol. The Hall–Kier alpha value is -2.82. The van der Waals surface area contributed by atoms with E-state index in [1.54, 1.807) is 6.07 Å². The fraction of sp³-hybridized carbons (Fsp3) is 0.176. The zero-order valence-corrected chi connectivity index (χ0v) is 11.8. The van der Waals surface area contributed by atoms with Gasteiger partial charge in [-0.3, -0.25) is 4.79 Å². The molecular formula is C17H16N2O3. The van der Waals surface area contributed by atoms with E-state index in [2.05, 4.69) is 10.6 Å². The van der Waals surface area contributed by atoms with Gasteiger partial charge in [-0.25, -0.2) is 4.79 Å². The Morgan fingerprint density at radius 1 is 1.05 bits per heavy atom. The van der Waals surface area contributed by atoms with Gasteiger partial charge in [0.25, 0.3) is 5.91 Å². The second-order valence-electron chi connectivity index (χ2n) is 5.34. The SMILES string of the molecule is O=C(O)N[C@@H]1C[C@H]1c1cccc(C(=O)Nc2ccccc2)c1. The highest BCUT2D eigenvalue weighted by molar-refractivity contribution is 6.04. The minimum atomic E-state index is -1.01. The number of hydrogen-bond donors (Lipinski definition) is 3. The highest BCUT2D eigenvalue weighted by Gasteiger charge is 2.39. The van der Waals surface area contributed by atoms with E-state index in [0.717, 1.165) is 17.7 Å². The molecule has 22 heavy (non-hydrogen) atoms. The number of hydrogen-bond acceptors (Lipinski definition) is 2. The van der Waals surface area contributed by atoms with Crippen LogP contribution in [0, 0.1) is 0 Å². The van der Waals surface area contributed by atoms with Gasteiger partial charge < -0.3 is 15.7 Å². The van der Waals surface area contributed by atoms with Gasteiger partial charge in [-0.15, -0.1) is 0 Å². The zero-order chi connectivity index (χ0) is 15.5. The van der Waals surface area contributed by atoms with Crippen molar-refractivity contribution in [3.8, 4) is 0 Å². The lowest BCUT2D eigenvalue weighted by Gasteiger charge is -2.07. The van der Waals surface area contributed by atoms with Crippen LogP contribution in [-0.2, 0) is 0 Å². The number of para-hydroxylation sites is 1. The molecule has 1 fully saturated rings. The molecule has 0 aromatic heterocycles. The first-order valence-corrected chi connectivity index (χ1v) is 7.09. The fourth-order valence-corrected chi connectivity index (χ4v) is 2.52. The monoisotopic (exact) mass is 296 g/mol. The summed E-state index contributed by atoms with van der Waals surface area (Å²) in [5, 5.41) is 14.0. The van der Waals surface area contributed by atoms with Crippen LogP contribution in [0.15, 0.2) is 54.6 Å². The molecule has 2 aromatic carbocycles. The molecule has 3 rings (SSSR count). The van der Waals surface area contributed by atoms with Gasteiger partial charge in [0.1, 0.15) is 0 Å². The van der Waals surface area contributed by atoms with Gasteiger partial charge >= 0.3 is 6.09 Å². The first-order valence-electron chi connectivity index (χ1n) is 7.09. The van der Waals surface area contributed by atoms with Crippen molar-refractivity contribution in [1.29, 1.82) is 0 Å². The van der Waals surface area contributed by atoms with Crippen LogP contribution in [0.4, 0.5) is 10.5 Å². The highest BCUT2D eigenvalue weighted by atomic mass is 16.4. The molecule has 0 spiro atoms. The topological polar surface area (TPSA) is 78.4 Å². The molecule has 2 aromatic rings. The lowest BCUT2D eigenvalue weighted by molar-refractivity contribution is 0.102. The van der Waals surface area contributed by atoms with Crippen molar-refractivity contribution < 1.29 is 14.7 Å². The lowest BCUT2D eigenvalue weighted by atomic mass is 10.1. The summed E-state index contributed by atoms with van der Waals surface area (Å²) in [5.74, 6) is -0.0166. The minimum Gasteiger partial charge on any atom is -0.465 e. The number of anilines is 1. The van der Waals surface area contributed by atoms with Crippen LogP contribution in [-0.4, -0.2) is 23.1 Å². The van der Waals surface area contributed by atoms with Crippen molar-refractivity contribution >= 4 is 17.7 Å². The first kappa shape index (κ1) is 14.1. The first-order chi connectivity index (χ1) is 10.6. The predicted octanol–water partition coefficient (Wildman–Crippen LogP) is 3.06. The Balaban J connectivity index is 1.69. The van der Waals surface area contributed by atoms with Crippen molar-refractivity contribution in [2.45, 2.75) is 18.4 Å². The summed E-state index contributed by atoms with van der Waals surface area (Å²) in [4.78, 5) is 22.9. The van der Waals surface area contributed by atoms with Gasteiger partial charge in [0.2, 0.25) is 0 Å². The fourth-order valence-electron chi connectivity index (χ4n) is 2.52.